The summed E-state index contributed by atoms with van der Waals surface area (Å²) in [5.41, 5.74) is 1.03. The van der Waals surface area contributed by atoms with E-state index in [4.69, 9.17) is 21.4 Å². The summed E-state index contributed by atoms with van der Waals surface area (Å²) in [5, 5.41) is 9.46. The summed E-state index contributed by atoms with van der Waals surface area (Å²) >= 11 is 5.92. The molecule has 1 aromatic rings. The number of aliphatic carboxylic acids is 1. The van der Waals surface area contributed by atoms with Crippen LogP contribution in [-0.2, 0) is 4.79 Å². The number of hydrogen-bond acceptors (Lipinski definition) is 2. The first-order chi connectivity index (χ1) is 7.58. The van der Waals surface area contributed by atoms with Gasteiger partial charge in [-0.2, -0.15) is 0 Å². The van der Waals surface area contributed by atoms with Gasteiger partial charge in [-0.05, 0) is 49.4 Å². The second-order valence-electron chi connectivity index (χ2n) is 4.05. The van der Waals surface area contributed by atoms with Crippen LogP contribution in [0.5, 0.6) is 5.75 Å². The average Bonchev–Trinajstić information content (AvgIpc) is 3.04. The molecule has 5 heteroatoms. The summed E-state index contributed by atoms with van der Waals surface area (Å²) < 4.78 is 5.41. The summed E-state index contributed by atoms with van der Waals surface area (Å²) in [6.45, 7) is 1.52. The first-order valence-corrected chi connectivity index (χ1v) is 5.64. The van der Waals surface area contributed by atoms with Gasteiger partial charge in [0.2, 0.25) is 0 Å². The minimum Gasteiger partial charge on any atom is -1.00 e. The summed E-state index contributed by atoms with van der Waals surface area (Å²) in [7, 11) is 0. The van der Waals surface area contributed by atoms with Crippen molar-refractivity contribution in [2.24, 2.45) is 0 Å². The second-order valence-corrected chi connectivity index (χ2v) is 4.49. The molecule has 88 valence electrons. The van der Waals surface area contributed by atoms with Crippen molar-refractivity contribution in [3.05, 3.63) is 28.8 Å². The maximum atomic E-state index is 10.7. The number of carboxylic acid groups (broad SMARTS) is 1. The van der Waals surface area contributed by atoms with Crippen LogP contribution < -0.4 is 34.3 Å². The molecule has 0 aromatic heterocycles. The Hall–Kier alpha value is -0.220. The fourth-order valence-corrected chi connectivity index (χ4v) is 1.76. The molecule has 1 fully saturated rings. The summed E-state index contributed by atoms with van der Waals surface area (Å²) in [6.07, 6.45) is 1.41. The Morgan fingerprint density at radius 2 is 2.24 bits per heavy atom. The van der Waals surface area contributed by atoms with E-state index in [0.29, 0.717) is 16.7 Å². The molecular formula is C12H14ClNaO3. The van der Waals surface area contributed by atoms with Gasteiger partial charge in [0.25, 0.3) is 0 Å². The molecule has 1 unspecified atom stereocenters. The fraction of sp³-hybridized carbons (Fsp3) is 0.417. The van der Waals surface area contributed by atoms with Crippen molar-refractivity contribution >= 4 is 17.6 Å². The molecule has 1 aliphatic rings. The van der Waals surface area contributed by atoms with E-state index in [0.717, 1.165) is 18.4 Å². The number of benzene rings is 1. The molecule has 0 aliphatic heterocycles. The van der Waals surface area contributed by atoms with Crippen molar-refractivity contribution in [1.82, 2.24) is 0 Å². The maximum absolute atomic E-state index is 10.7. The van der Waals surface area contributed by atoms with Gasteiger partial charge in [-0.25, -0.2) is 4.79 Å². The van der Waals surface area contributed by atoms with Gasteiger partial charge in [0, 0.05) is 5.02 Å². The first kappa shape index (κ1) is 14.8. The van der Waals surface area contributed by atoms with Crippen molar-refractivity contribution in [1.29, 1.82) is 0 Å². The zero-order valence-corrected chi connectivity index (χ0v) is 12.7. The van der Waals surface area contributed by atoms with Crippen LogP contribution in [0, 0.1) is 0 Å². The third kappa shape index (κ3) is 3.88. The third-order valence-corrected chi connectivity index (χ3v) is 2.88. The SMILES string of the molecule is CC(Oc1ccc(Cl)cc1C1CC1)C(=O)O.[H-].[Na+]. The largest absolute Gasteiger partial charge is 1.00 e. The van der Waals surface area contributed by atoms with Crippen LogP contribution in [-0.4, -0.2) is 17.2 Å². The Bertz CT molecular complexity index is 424. The molecule has 0 heterocycles. The number of halogens is 1. The maximum Gasteiger partial charge on any atom is 1.00 e. The number of ether oxygens (including phenoxy) is 1. The van der Waals surface area contributed by atoms with Crippen LogP contribution in [0.4, 0.5) is 0 Å². The molecule has 3 nitrogen and oxygen atoms in total. The van der Waals surface area contributed by atoms with Crippen molar-refractivity contribution in [2.75, 3.05) is 0 Å². The summed E-state index contributed by atoms with van der Waals surface area (Å²) in [5.74, 6) is 0.160. The molecule has 0 amide bonds. The van der Waals surface area contributed by atoms with Crippen molar-refractivity contribution in [3.63, 3.8) is 0 Å². The van der Waals surface area contributed by atoms with E-state index in [1.807, 2.05) is 6.07 Å². The molecule has 17 heavy (non-hydrogen) atoms. The topological polar surface area (TPSA) is 46.5 Å². The molecule has 0 radical (unpaired) electrons. The summed E-state index contributed by atoms with van der Waals surface area (Å²) in [6, 6.07) is 5.33. The Kier molecular flexibility index (Phi) is 5.32. The monoisotopic (exact) mass is 264 g/mol. The van der Waals surface area contributed by atoms with Crippen LogP contribution in [0.3, 0.4) is 0 Å². The molecule has 1 N–H and O–H groups in total. The second kappa shape index (κ2) is 6.10. The van der Waals surface area contributed by atoms with Crippen molar-refractivity contribution in [3.8, 4) is 5.75 Å². The molecule has 2 rings (SSSR count). The molecular weight excluding hydrogens is 251 g/mol. The number of carbonyl (C=O) groups is 1. The van der Waals surface area contributed by atoms with Gasteiger partial charge in [-0.3, -0.25) is 0 Å². The van der Waals surface area contributed by atoms with Gasteiger partial charge in [-0.1, -0.05) is 11.6 Å². The number of carboxylic acids is 1. The van der Waals surface area contributed by atoms with E-state index >= 15 is 0 Å². The molecule has 1 aliphatic carbocycles. The Morgan fingerprint density at radius 3 is 2.76 bits per heavy atom. The van der Waals surface area contributed by atoms with E-state index in [2.05, 4.69) is 0 Å². The molecule has 0 spiro atoms. The van der Waals surface area contributed by atoms with Gasteiger partial charge >= 0.3 is 35.5 Å². The first-order valence-electron chi connectivity index (χ1n) is 5.27. The van der Waals surface area contributed by atoms with Crippen LogP contribution in [0.2, 0.25) is 5.02 Å². The van der Waals surface area contributed by atoms with E-state index in [1.165, 1.54) is 6.92 Å². The van der Waals surface area contributed by atoms with Crippen LogP contribution >= 0.6 is 11.6 Å². The van der Waals surface area contributed by atoms with Gasteiger partial charge in [-0.15, -0.1) is 0 Å². The zero-order chi connectivity index (χ0) is 11.7. The van der Waals surface area contributed by atoms with Gasteiger partial charge in [0.1, 0.15) is 5.75 Å². The zero-order valence-electron chi connectivity index (χ0n) is 10.9. The van der Waals surface area contributed by atoms with E-state index in [-0.39, 0.29) is 31.0 Å². The van der Waals surface area contributed by atoms with E-state index in [9.17, 15) is 4.79 Å². The Balaban J connectivity index is 0.00000144. The standard InChI is InChI=1S/C12H13ClO3.Na.H/c1-7(12(14)15)16-11-5-4-9(13)6-10(11)8-2-3-8;;/h4-8H,2-3H2,1H3,(H,14,15);;/q;+1;-1. The van der Waals surface area contributed by atoms with Crippen LogP contribution in [0.25, 0.3) is 0 Å². The van der Waals surface area contributed by atoms with Gasteiger partial charge in [0.05, 0.1) is 0 Å². The smallest absolute Gasteiger partial charge is 1.00 e. The predicted octanol–water partition coefficient (Wildman–Crippen LogP) is 0.186. The average molecular weight is 265 g/mol. The fourth-order valence-electron chi connectivity index (χ4n) is 1.58. The summed E-state index contributed by atoms with van der Waals surface area (Å²) in [4.78, 5) is 10.7. The molecule has 1 atom stereocenters. The van der Waals surface area contributed by atoms with Crippen LogP contribution in [0.15, 0.2) is 18.2 Å². The van der Waals surface area contributed by atoms with Crippen LogP contribution in [0.1, 0.15) is 32.7 Å². The number of rotatable bonds is 4. The quantitative estimate of drug-likeness (QED) is 0.790. The van der Waals surface area contributed by atoms with Gasteiger partial charge < -0.3 is 11.3 Å². The predicted molar refractivity (Wildman–Crippen MR) is 62.3 cm³/mol. The Labute approximate surface area is 129 Å². The molecule has 1 saturated carbocycles. The van der Waals surface area contributed by atoms with Gasteiger partial charge in [0.15, 0.2) is 6.10 Å². The molecule has 1 aromatic carbocycles. The number of hydrogen-bond donors (Lipinski definition) is 1. The minimum absolute atomic E-state index is 0. The van der Waals surface area contributed by atoms with Crippen molar-refractivity contribution < 1.29 is 45.6 Å². The van der Waals surface area contributed by atoms with E-state index < -0.39 is 12.1 Å². The Morgan fingerprint density at radius 1 is 1.59 bits per heavy atom. The normalized spacial score (nSPS) is 15.9. The van der Waals surface area contributed by atoms with Crippen molar-refractivity contribution in [2.45, 2.75) is 31.8 Å². The van der Waals surface area contributed by atoms with E-state index in [1.54, 1.807) is 12.1 Å². The third-order valence-electron chi connectivity index (χ3n) is 2.64. The molecule has 0 bridgehead atoms. The minimum atomic E-state index is -0.961. The molecule has 0 saturated heterocycles.